The Bertz CT molecular complexity index is 482. The van der Waals surface area contributed by atoms with Crippen LogP contribution in [-0.4, -0.2) is 37.1 Å². The van der Waals surface area contributed by atoms with Gasteiger partial charge >= 0.3 is 0 Å². The summed E-state index contributed by atoms with van der Waals surface area (Å²) in [5.41, 5.74) is 4.89. The lowest BCUT2D eigenvalue weighted by molar-refractivity contribution is 0.193. The van der Waals surface area contributed by atoms with Crippen LogP contribution in [0.15, 0.2) is 18.2 Å². The largest absolute Gasteiger partial charge is 0.367 e. The monoisotopic (exact) mass is 256 g/mol. The summed E-state index contributed by atoms with van der Waals surface area (Å²) in [6.07, 6.45) is 5.28. The molecule has 0 bridgehead atoms. The van der Waals surface area contributed by atoms with E-state index in [4.69, 9.17) is 0 Å². The maximum absolute atomic E-state index is 2.75. The summed E-state index contributed by atoms with van der Waals surface area (Å²) >= 11 is 0. The first-order valence-corrected chi connectivity index (χ1v) is 7.99. The molecule has 3 heterocycles. The molecule has 1 fully saturated rings. The molecule has 0 N–H and O–H groups in total. The molecule has 0 spiro atoms. The third-order valence-corrected chi connectivity index (χ3v) is 5.28. The zero-order valence-electron chi connectivity index (χ0n) is 11.9. The molecule has 1 saturated heterocycles. The lowest BCUT2D eigenvalue weighted by Gasteiger charge is -2.40. The Kier molecular flexibility index (Phi) is 2.80. The summed E-state index contributed by atoms with van der Waals surface area (Å²) < 4.78 is 0. The van der Waals surface area contributed by atoms with Crippen LogP contribution in [0.4, 0.5) is 5.69 Å². The molecule has 19 heavy (non-hydrogen) atoms. The van der Waals surface area contributed by atoms with Gasteiger partial charge in [-0.05, 0) is 43.4 Å². The number of fused-ring (bicyclic) bond motifs is 3. The zero-order chi connectivity index (χ0) is 12.8. The van der Waals surface area contributed by atoms with Gasteiger partial charge in [0.15, 0.2) is 0 Å². The normalized spacial score (nSPS) is 29.2. The molecule has 0 aliphatic carbocycles. The van der Waals surface area contributed by atoms with Crippen LogP contribution in [0, 0.1) is 0 Å². The van der Waals surface area contributed by atoms with Crippen molar-refractivity contribution < 1.29 is 0 Å². The molecule has 2 nitrogen and oxygen atoms in total. The minimum atomic E-state index is 0.772. The molecule has 1 aromatic rings. The molecule has 0 aromatic heterocycles. The van der Waals surface area contributed by atoms with E-state index in [1.165, 1.54) is 51.9 Å². The van der Waals surface area contributed by atoms with Crippen LogP contribution >= 0.6 is 0 Å². The standard InChI is InChI=1S/C17H24N2/c1-2-9-18-11-8-16-15(12-18)14-7-3-5-13-6-4-10-19(16)17(13)14/h3,5,7,15-16H,2,4,6,8-12H2,1H3/t15-,16-/m0/s1. The van der Waals surface area contributed by atoms with Crippen LogP contribution in [0.1, 0.15) is 43.2 Å². The lowest BCUT2D eigenvalue weighted by Crippen LogP contribution is -2.47. The van der Waals surface area contributed by atoms with Gasteiger partial charge < -0.3 is 9.80 Å². The molecule has 4 rings (SSSR count). The van der Waals surface area contributed by atoms with Crippen molar-refractivity contribution in [1.82, 2.24) is 4.90 Å². The van der Waals surface area contributed by atoms with Crippen LogP contribution < -0.4 is 4.90 Å². The molecule has 0 radical (unpaired) electrons. The average molecular weight is 256 g/mol. The molecule has 2 atom stereocenters. The van der Waals surface area contributed by atoms with Crippen molar-refractivity contribution in [3.05, 3.63) is 29.3 Å². The molecule has 0 unspecified atom stereocenters. The van der Waals surface area contributed by atoms with Crippen LogP contribution in [0.25, 0.3) is 0 Å². The Morgan fingerprint density at radius 2 is 2.21 bits per heavy atom. The molecule has 102 valence electrons. The molecule has 1 aromatic carbocycles. The fraction of sp³-hybridized carbons (Fsp3) is 0.647. The minimum Gasteiger partial charge on any atom is -0.367 e. The third kappa shape index (κ3) is 1.73. The zero-order valence-corrected chi connectivity index (χ0v) is 11.9. The predicted molar refractivity (Wildman–Crippen MR) is 80.0 cm³/mol. The number of para-hydroxylation sites is 1. The van der Waals surface area contributed by atoms with Gasteiger partial charge in [0, 0.05) is 37.3 Å². The SMILES string of the molecule is CCCN1CC[C@H]2[C@@H](C1)c1cccc3c1N2CCC3. The molecular weight excluding hydrogens is 232 g/mol. The van der Waals surface area contributed by atoms with E-state index >= 15 is 0 Å². The molecule has 0 saturated carbocycles. The van der Waals surface area contributed by atoms with Gasteiger partial charge in [0.25, 0.3) is 0 Å². The first kappa shape index (κ1) is 11.8. The highest BCUT2D eigenvalue weighted by Gasteiger charge is 2.43. The quantitative estimate of drug-likeness (QED) is 0.802. The number of hydrogen-bond acceptors (Lipinski definition) is 2. The van der Waals surface area contributed by atoms with E-state index in [1.807, 2.05) is 0 Å². The summed E-state index contributed by atoms with van der Waals surface area (Å²) in [6, 6.07) is 7.84. The van der Waals surface area contributed by atoms with Gasteiger partial charge in [-0.25, -0.2) is 0 Å². The number of anilines is 1. The van der Waals surface area contributed by atoms with Crippen molar-refractivity contribution in [3.63, 3.8) is 0 Å². The molecular formula is C17H24N2. The number of benzene rings is 1. The fourth-order valence-electron chi connectivity index (χ4n) is 4.55. The van der Waals surface area contributed by atoms with Crippen molar-refractivity contribution in [3.8, 4) is 0 Å². The Labute approximate surface area is 116 Å². The van der Waals surface area contributed by atoms with E-state index in [0.717, 1.165) is 12.0 Å². The fourth-order valence-corrected chi connectivity index (χ4v) is 4.55. The van der Waals surface area contributed by atoms with E-state index in [-0.39, 0.29) is 0 Å². The van der Waals surface area contributed by atoms with Crippen LogP contribution in [-0.2, 0) is 6.42 Å². The topological polar surface area (TPSA) is 6.48 Å². The maximum Gasteiger partial charge on any atom is 0.0438 e. The minimum absolute atomic E-state index is 0.772. The van der Waals surface area contributed by atoms with E-state index in [0.29, 0.717) is 0 Å². The van der Waals surface area contributed by atoms with Gasteiger partial charge in [0.2, 0.25) is 0 Å². The van der Waals surface area contributed by atoms with Crippen molar-refractivity contribution >= 4 is 5.69 Å². The van der Waals surface area contributed by atoms with Gasteiger partial charge in [0.05, 0.1) is 0 Å². The highest BCUT2D eigenvalue weighted by atomic mass is 15.2. The second-order valence-corrected chi connectivity index (χ2v) is 6.42. The smallest absolute Gasteiger partial charge is 0.0438 e. The summed E-state index contributed by atoms with van der Waals surface area (Å²) in [5, 5.41) is 0. The Morgan fingerprint density at radius 3 is 3.11 bits per heavy atom. The first-order valence-electron chi connectivity index (χ1n) is 7.99. The molecule has 3 aliphatic heterocycles. The van der Waals surface area contributed by atoms with Gasteiger partial charge in [-0.15, -0.1) is 0 Å². The highest BCUT2D eigenvalue weighted by Crippen LogP contribution is 2.48. The summed E-state index contributed by atoms with van der Waals surface area (Å²) in [4.78, 5) is 5.43. The highest BCUT2D eigenvalue weighted by molar-refractivity contribution is 5.68. The van der Waals surface area contributed by atoms with Gasteiger partial charge in [-0.2, -0.15) is 0 Å². The lowest BCUT2D eigenvalue weighted by atomic mass is 9.88. The Hall–Kier alpha value is -1.02. The molecule has 3 aliphatic rings. The number of hydrogen-bond donors (Lipinski definition) is 0. The van der Waals surface area contributed by atoms with E-state index < -0.39 is 0 Å². The van der Waals surface area contributed by atoms with Crippen LogP contribution in [0.5, 0.6) is 0 Å². The number of piperidine rings is 1. The first-order chi connectivity index (χ1) is 9.38. The van der Waals surface area contributed by atoms with Gasteiger partial charge in [0.1, 0.15) is 0 Å². The van der Waals surface area contributed by atoms with E-state index in [9.17, 15) is 0 Å². The third-order valence-electron chi connectivity index (χ3n) is 5.28. The maximum atomic E-state index is 2.75. The van der Waals surface area contributed by atoms with Crippen LogP contribution in [0.3, 0.4) is 0 Å². The van der Waals surface area contributed by atoms with Crippen molar-refractivity contribution in [2.24, 2.45) is 0 Å². The van der Waals surface area contributed by atoms with Gasteiger partial charge in [-0.3, -0.25) is 0 Å². The number of likely N-dealkylation sites (tertiary alicyclic amines) is 1. The molecule has 0 amide bonds. The number of aryl methyl sites for hydroxylation is 1. The van der Waals surface area contributed by atoms with Crippen molar-refractivity contribution in [2.45, 2.75) is 44.6 Å². The Morgan fingerprint density at radius 1 is 1.26 bits per heavy atom. The van der Waals surface area contributed by atoms with E-state index in [2.05, 4.69) is 34.9 Å². The average Bonchev–Trinajstić information content (AvgIpc) is 2.77. The second kappa shape index (κ2) is 4.52. The summed E-state index contributed by atoms with van der Waals surface area (Å²) in [6.45, 7) is 7.45. The predicted octanol–water partition coefficient (Wildman–Crippen LogP) is 3.02. The summed E-state index contributed by atoms with van der Waals surface area (Å²) in [7, 11) is 0. The second-order valence-electron chi connectivity index (χ2n) is 6.42. The van der Waals surface area contributed by atoms with Crippen LogP contribution in [0.2, 0.25) is 0 Å². The summed E-state index contributed by atoms with van der Waals surface area (Å²) in [5.74, 6) is 0.772. The number of rotatable bonds is 2. The molecule has 2 heteroatoms. The van der Waals surface area contributed by atoms with Crippen molar-refractivity contribution in [2.75, 3.05) is 31.1 Å². The van der Waals surface area contributed by atoms with E-state index in [1.54, 1.807) is 16.8 Å². The van der Waals surface area contributed by atoms with Crippen molar-refractivity contribution in [1.29, 1.82) is 0 Å². The van der Waals surface area contributed by atoms with Gasteiger partial charge in [-0.1, -0.05) is 25.1 Å². The Balaban J connectivity index is 1.71. The number of nitrogens with zero attached hydrogens (tertiary/aromatic N) is 2.